The Morgan fingerprint density at radius 2 is 1.70 bits per heavy atom. The molecule has 1 saturated heterocycles. The van der Waals surface area contributed by atoms with Crippen molar-refractivity contribution in [2.75, 3.05) is 13.2 Å². The van der Waals surface area contributed by atoms with Gasteiger partial charge in [0.15, 0.2) is 0 Å². The molecule has 6 nitrogen and oxygen atoms in total. The number of nitrogens with zero attached hydrogens (tertiary/aromatic N) is 3. The van der Waals surface area contributed by atoms with Gasteiger partial charge in [-0.1, -0.05) is 17.3 Å². The van der Waals surface area contributed by atoms with Crippen LogP contribution in [0.25, 0.3) is 33.1 Å². The second kappa shape index (κ2) is 9.74. The second-order valence-corrected chi connectivity index (χ2v) is 11.1. The molecule has 1 fully saturated rings. The monoisotopic (exact) mass is 549 g/mol. The highest BCUT2D eigenvalue weighted by atomic mass is 19.1. The molecule has 0 amide bonds. The number of pyridine rings is 1. The van der Waals surface area contributed by atoms with Gasteiger partial charge in [-0.15, -0.1) is 0 Å². The van der Waals surface area contributed by atoms with Crippen molar-refractivity contribution < 1.29 is 27.5 Å². The standard InChI is InChI=1S/C31H30F3N3O3/c1-16-27(17(2)40-36-16)19-11-26-29(35-15-19)22-6-5-20(31(3,4)38)12-25(22)37(26)30(18-7-9-39-10-8-18)28-23(33)13-21(32)14-24(28)34/h5-6,11-15,18,30,38H,7-10H2,1-4H3. The van der Waals surface area contributed by atoms with E-state index in [0.29, 0.717) is 59.6 Å². The van der Waals surface area contributed by atoms with Crippen LogP contribution in [0.4, 0.5) is 13.2 Å². The Hall–Kier alpha value is -3.69. The van der Waals surface area contributed by atoms with Crippen molar-refractivity contribution in [2.24, 2.45) is 5.92 Å². The molecular weight excluding hydrogens is 519 g/mol. The maximum atomic E-state index is 15.6. The van der Waals surface area contributed by atoms with Gasteiger partial charge in [0.2, 0.25) is 0 Å². The van der Waals surface area contributed by atoms with E-state index >= 15 is 8.78 Å². The first-order chi connectivity index (χ1) is 19.0. The van der Waals surface area contributed by atoms with E-state index in [2.05, 4.69) is 5.16 Å². The molecule has 0 spiro atoms. The summed E-state index contributed by atoms with van der Waals surface area (Å²) in [5.74, 6) is -2.45. The van der Waals surface area contributed by atoms with Crippen LogP contribution in [0.2, 0.25) is 0 Å². The van der Waals surface area contributed by atoms with Gasteiger partial charge in [-0.3, -0.25) is 4.98 Å². The van der Waals surface area contributed by atoms with Gasteiger partial charge in [0.25, 0.3) is 0 Å². The number of aliphatic hydroxyl groups is 1. The zero-order chi connectivity index (χ0) is 28.3. The molecule has 40 heavy (non-hydrogen) atoms. The van der Waals surface area contributed by atoms with Crippen molar-refractivity contribution >= 4 is 21.9 Å². The number of hydrogen-bond acceptors (Lipinski definition) is 5. The first-order valence-corrected chi connectivity index (χ1v) is 13.4. The summed E-state index contributed by atoms with van der Waals surface area (Å²) in [6.07, 6.45) is 2.86. The van der Waals surface area contributed by atoms with Crippen LogP contribution in [0.5, 0.6) is 0 Å². The molecule has 2 aromatic carbocycles. The summed E-state index contributed by atoms with van der Waals surface area (Å²) in [7, 11) is 0. The lowest BCUT2D eigenvalue weighted by atomic mass is 9.86. The molecule has 1 aliphatic rings. The average Bonchev–Trinajstić information content (AvgIpc) is 3.41. The SMILES string of the molecule is Cc1noc(C)c1-c1cnc2c3ccc(C(C)(C)O)cc3n(C(c3c(F)cc(F)cc3F)C3CCOCC3)c2c1. The Morgan fingerprint density at radius 3 is 2.33 bits per heavy atom. The fourth-order valence-corrected chi connectivity index (χ4v) is 6.06. The van der Waals surface area contributed by atoms with Crippen LogP contribution in [0, 0.1) is 37.2 Å². The minimum Gasteiger partial charge on any atom is -0.386 e. The first kappa shape index (κ1) is 26.5. The Kier molecular flexibility index (Phi) is 6.46. The van der Waals surface area contributed by atoms with Crippen molar-refractivity contribution in [3.8, 4) is 11.1 Å². The quantitative estimate of drug-likeness (QED) is 0.253. The molecule has 1 atom stereocenters. The molecule has 208 valence electrons. The Bertz CT molecular complexity index is 1700. The van der Waals surface area contributed by atoms with Crippen molar-refractivity contribution in [1.29, 1.82) is 0 Å². The third kappa shape index (κ3) is 4.37. The number of fused-ring (bicyclic) bond motifs is 3. The number of rotatable bonds is 5. The molecule has 1 N–H and O–H groups in total. The number of halogens is 3. The lowest BCUT2D eigenvalue weighted by Crippen LogP contribution is -2.28. The van der Waals surface area contributed by atoms with E-state index in [9.17, 15) is 9.50 Å². The maximum absolute atomic E-state index is 15.6. The largest absolute Gasteiger partial charge is 0.386 e. The summed E-state index contributed by atoms with van der Waals surface area (Å²) in [5.41, 5.74) is 3.48. The van der Waals surface area contributed by atoms with Gasteiger partial charge >= 0.3 is 0 Å². The van der Waals surface area contributed by atoms with Crippen molar-refractivity contribution in [1.82, 2.24) is 14.7 Å². The fourth-order valence-electron chi connectivity index (χ4n) is 6.06. The van der Waals surface area contributed by atoms with Crippen LogP contribution >= 0.6 is 0 Å². The molecule has 0 aliphatic carbocycles. The van der Waals surface area contributed by atoms with Gasteiger partial charge in [0.1, 0.15) is 23.2 Å². The van der Waals surface area contributed by atoms with Gasteiger partial charge in [0.05, 0.1) is 33.9 Å². The van der Waals surface area contributed by atoms with E-state index in [-0.39, 0.29) is 11.5 Å². The van der Waals surface area contributed by atoms with Crippen molar-refractivity contribution in [2.45, 2.75) is 52.2 Å². The normalized spacial score (nSPS) is 15.8. The summed E-state index contributed by atoms with van der Waals surface area (Å²) in [4.78, 5) is 4.82. The highest BCUT2D eigenvalue weighted by molar-refractivity contribution is 6.07. The average molecular weight is 550 g/mol. The van der Waals surface area contributed by atoms with E-state index in [1.165, 1.54) is 0 Å². The molecule has 6 rings (SSSR count). The molecule has 1 unspecified atom stereocenters. The molecule has 0 saturated carbocycles. The molecule has 1 aliphatic heterocycles. The zero-order valence-corrected chi connectivity index (χ0v) is 22.8. The minimum absolute atomic E-state index is 0.205. The lowest BCUT2D eigenvalue weighted by Gasteiger charge is -2.33. The van der Waals surface area contributed by atoms with Crippen LogP contribution in [0.15, 0.2) is 47.1 Å². The van der Waals surface area contributed by atoms with Crippen LogP contribution < -0.4 is 0 Å². The minimum atomic E-state index is -1.16. The van der Waals surface area contributed by atoms with Crippen LogP contribution in [0.3, 0.4) is 0 Å². The fraction of sp³-hybridized carbons (Fsp3) is 0.355. The van der Waals surface area contributed by atoms with Gasteiger partial charge < -0.3 is 18.9 Å². The third-order valence-electron chi connectivity index (χ3n) is 8.00. The smallest absolute Gasteiger partial charge is 0.141 e. The first-order valence-electron chi connectivity index (χ1n) is 13.4. The Balaban J connectivity index is 1.73. The zero-order valence-electron chi connectivity index (χ0n) is 22.8. The summed E-state index contributed by atoms with van der Waals surface area (Å²) in [5, 5.41) is 15.7. The molecule has 0 radical (unpaired) electrons. The number of benzene rings is 2. The summed E-state index contributed by atoms with van der Waals surface area (Å²) in [6.45, 7) is 7.92. The van der Waals surface area contributed by atoms with Gasteiger partial charge in [0, 0.05) is 53.6 Å². The Labute approximate surface area is 229 Å². The second-order valence-electron chi connectivity index (χ2n) is 11.1. The molecule has 5 aromatic rings. The van der Waals surface area contributed by atoms with Crippen LogP contribution in [0.1, 0.15) is 55.3 Å². The number of hydrogen-bond donors (Lipinski definition) is 1. The number of ether oxygens (including phenoxy) is 1. The van der Waals surface area contributed by atoms with Gasteiger partial charge in [-0.2, -0.15) is 0 Å². The van der Waals surface area contributed by atoms with Gasteiger partial charge in [-0.05, 0) is 64.2 Å². The highest BCUT2D eigenvalue weighted by Crippen LogP contribution is 2.43. The predicted molar refractivity (Wildman–Crippen MR) is 145 cm³/mol. The molecular formula is C31H30F3N3O3. The van der Waals surface area contributed by atoms with E-state index in [0.717, 1.165) is 28.6 Å². The topological polar surface area (TPSA) is 73.3 Å². The highest BCUT2D eigenvalue weighted by Gasteiger charge is 2.35. The van der Waals surface area contributed by atoms with E-state index < -0.39 is 29.1 Å². The maximum Gasteiger partial charge on any atom is 0.141 e. The van der Waals surface area contributed by atoms with E-state index in [1.807, 2.05) is 42.7 Å². The number of aryl methyl sites for hydroxylation is 2. The molecule has 9 heteroatoms. The van der Waals surface area contributed by atoms with Crippen molar-refractivity contribution in [3.05, 3.63) is 82.6 Å². The van der Waals surface area contributed by atoms with E-state index in [4.69, 9.17) is 14.2 Å². The lowest BCUT2D eigenvalue weighted by molar-refractivity contribution is 0.0543. The van der Waals surface area contributed by atoms with Gasteiger partial charge in [-0.25, -0.2) is 13.2 Å². The summed E-state index contributed by atoms with van der Waals surface area (Å²) < 4.78 is 58.1. The van der Waals surface area contributed by atoms with Crippen LogP contribution in [-0.4, -0.2) is 33.0 Å². The molecule has 0 bridgehead atoms. The molecule has 3 aromatic heterocycles. The van der Waals surface area contributed by atoms with Crippen molar-refractivity contribution in [3.63, 3.8) is 0 Å². The predicted octanol–water partition coefficient (Wildman–Crippen LogP) is 7.12. The summed E-state index contributed by atoms with van der Waals surface area (Å²) in [6, 6.07) is 8.12. The number of aromatic nitrogens is 3. The summed E-state index contributed by atoms with van der Waals surface area (Å²) >= 11 is 0. The Morgan fingerprint density at radius 1 is 1.00 bits per heavy atom. The third-order valence-corrected chi connectivity index (χ3v) is 8.00. The van der Waals surface area contributed by atoms with Crippen LogP contribution in [-0.2, 0) is 10.3 Å². The van der Waals surface area contributed by atoms with E-state index in [1.54, 1.807) is 20.0 Å². The molecule has 4 heterocycles.